The van der Waals surface area contributed by atoms with Crippen molar-refractivity contribution < 1.29 is 53.8 Å². The first-order valence-electron chi connectivity index (χ1n) is 9.36. The van der Waals surface area contributed by atoms with E-state index in [9.17, 15) is 49.1 Å². The van der Waals surface area contributed by atoms with Crippen LogP contribution in [0.25, 0.3) is 0 Å². The van der Waals surface area contributed by atoms with E-state index < -0.39 is 46.4 Å². The van der Waals surface area contributed by atoms with Crippen LogP contribution in [0.5, 0.6) is 0 Å². The molecule has 1 aliphatic carbocycles. The lowest BCUT2D eigenvalue weighted by Crippen LogP contribution is -2.64. The van der Waals surface area contributed by atoms with Gasteiger partial charge in [-0.25, -0.2) is 4.79 Å². The largest absolute Gasteiger partial charge is 0.462 e. The smallest absolute Gasteiger partial charge is 0.460 e. The van der Waals surface area contributed by atoms with Crippen molar-refractivity contribution >= 4 is 28.2 Å². The molecular weight excluding hydrogens is 481 g/mol. The second kappa shape index (κ2) is 8.75. The molecular formula is C18H18F9NO3S. The van der Waals surface area contributed by atoms with Crippen molar-refractivity contribution in [3.63, 3.8) is 0 Å². The molecule has 0 radical (unpaired) electrons. The summed E-state index contributed by atoms with van der Waals surface area (Å²) in [7, 11) is 0. The van der Waals surface area contributed by atoms with Crippen LogP contribution in [0.4, 0.5) is 44.5 Å². The molecule has 0 aromatic carbocycles. The fourth-order valence-corrected chi connectivity index (χ4v) is 4.55. The molecule has 0 aliphatic heterocycles. The summed E-state index contributed by atoms with van der Waals surface area (Å²) >= 11 is 0.583. The molecule has 1 aliphatic rings. The van der Waals surface area contributed by atoms with Gasteiger partial charge in [0.2, 0.25) is 0 Å². The topological polar surface area (TPSA) is 55.4 Å². The van der Waals surface area contributed by atoms with Crippen LogP contribution in [0.2, 0.25) is 0 Å². The Morgan fingerprint density at radius 2 is 1.62 bits per heavy atom. The minimum atomic E-state index is -7.20. The van der Waals surface area contributed by atoms with Gasteiger partial charge in [0.25, 0.3) is 0 Å². The van der Waals surface area contributed by atoms with Gasteiger partial charge in [0.05, 0.1) is 12.2 Å². The summed E-state index contributed by atoms with van der Waals surface area (Å²) in [6.45, 7) is 3.12. The Morgan fingerprint density at radius 1 is 1.03 bits per heavy atom. The first-order chi connectivity index (χ1) is 14.5. The van der Waals surface area contributed by atoms with E-state index in [1.807, 2.05) is 6.92 Å². The molecule has 0 saturated carbocycles. The van der Waals surface area contributed by atoms with Crippen LogP contribution in [0.15, 0.2) is 0 Å². The van der Waals surface area contributed by atoms with E-state index in [1.54, 1.807) is 0 Å². The Bertz CT molecular complexity index is 880. The molecule has 32 heavy (non-hydrogen) atoms. The highest BCUT2D eigenvalue weighted by atomic mass is 32.1. The maximum atomic E-state index is 13.9. The van der Waals surface area contributed by atoms with Gasteiger partial charge in [-0.05, 0) is 37.7 Å². The van der Waals surface area contributed by atoms with Gasteiger partial charge in [-0.2, -0.15) is 39.5 Å². The Labute approximate surface area is 180 Å². The molecule has 1 aromatic rings. The second-order valence-corrected chi connectivity index (χ2v) is 8.23. The minimum Gasteiger partial charge on any atom is -0.462 e. The third-order valence-electron chi connectivity index (χ3n) is 5.08. The molecule has 0 spiro atoms. The molecule has 0 unspecified atom stereocenters. The predicted octanol–water partition coefficient (Wildman–Crippen LogP) is 5.85. The molecule has 14 heteroatoms. The fraction of sp³-hybridized carbons (Fsp3) is 0.667. The zero-order valence-electron chi connectivity index (χ0n) is 16.6. The average molecular weight is 499 g/mol. The van der Waals surface area contributed by atoms with Gasteiger partial charge in [0.15, 0.2) is 0 Å². The predicted molar refractivity (Wildman–Crippen MR) is 95.6 cm³/mol. The summed E-state index contributed by atoms with van der Waals surface area (Å²) in [5.74, 6) is -24.8. The zero-order valence-corrected chi connectivity index (χ0v) is 17.5. The quantitative estimate of drug-likeness (QED) is 0.379. The number of hydrogen-bond acceptors (Lipinski definition) is 4. The second-order valence-electron chi connectivity index (χ2n) is 7.12. The number of thiophene rings is 1. The third-order valence-corrected chi connectivity index (χ3v) is 6.25. The van der Waals surface area contributed by atoms with Gasteiger partial charge >= 0.3 is 35.8 Å². The number of ether oxygens (including phenoxy) is 1. The van der Waals surface area contributed by atoms with Gasteiger partial charge in [-0.3, -0.25) is 4.79 Å². The van der Waals surface area contributed by atoms with Crippen molar-refractivity contribution in [2.24, 2.45) is 5.92 Å². The van der Waals surface area contributed by atoms with Gasteiger partial charge in [-0.1, -0.05) is 13.3 Å². The van der Waals surface area contributed by atoms with Gasteiger partial charge < -0.3 is 10.1 Å². The van der Waals surface area contributed by atoms with Crippen LogP contribution >= 0.6 is 11.3 Å². The number of hydrogen-bond donors (Lipinski definition) is 1. The Balaban J connectivity index is 2.46. The Kier molecular flexibility index (Phi) is 7.18. The van der Waals surface area contributed by atoms with Crippen LogP contribution < -0.4 is 5.32 Å². The van der Waals surface area contributed by atoms with Crippen LogP contribution in [0.3, 0.4) is 0 Å². The van der Waals surface area contributed by atoms with Gasteiger partial charge in [0.1, 0.15) is 5.00 Å². The van der Waals surface area contributed by atoms with E-state index in [0.29, 0.717) is 34.6 Å². The lowest BCUT2D eigenvalue weighted by molar-refractivity contribution is -0.388. The van der Waals surface area contributed by atoms with E-state index in [-0.39, 0.29) is 18.9 Å². The molecule has 2 rings (SSSR count). The molecule has 0 bridgehead atoms. The molecule has 0 fully saturated rings. The number of anilines is 1. The minimum absolute atomic E-state index is 0.149. The van der Waals surface area contributed by atoms with E-state index in [4.69, 9.17) is 4.74 Å². The summed E-state index contributed by atoms with van der Waals surface area (Å²) in [6, 6.07) is 0. The molecule has 1 N–H and O–H groups in total. The number of amides is 1. The van der Waals surface area contributed by atoms with Crippen molar-refractivity contribution in [2.75, 3.05) is 11.9 Å². The number of halogens is 9. The number of alkyl halides is 9. The van der Waals surface area contributed by atoms with Gasteiger partial charge in [-0.15, -0.1) is 11.3 Å². The van der Waals surface area contributed by atoms with Crippen LogP contribution in [-0.2, 0) is 22.4 Å². The molecule has 4 nitrogen and oxygen atoms in total. The van der Waals surface area contributed by atoms with Gasteiger partial charge in [0, 0.05) is 4.88 Å². The number of carbonyl (C=O) groups is 2. The average Bonchev–Trinajstić information content (AvgIpc) is 3.03. The summed E-state index contributed by atoms with van der Waals surface area (Å²) in [5, 5.41) is 0.578. The van der Waals surface area contributed by atoms with Crippen LogP contribution in [0, 0.1) is 5.92 Å². The maximum Gasteiger partial charge on any atom is 0.460 e. The summed E-state index contributed by atoms with van der Waals surface area (Å²) < 4.78 is 123. The van der Waals surface area contributed by atoms with Crippen molar-refractivity contribution in [3.05, 3.63) is 16.0 Å². The van der Waals surface area contributed by atoms with E-state index >= 15 is 0 Å². The highest BCUT2D eigenvalue weighted by molar-refractivity contribution is 7.17. The standard InChI is InChI=1S/C18H18F9NO3S/c1-3-8-5-6-9-10(7-8)32-12(11(9)13(29)31-4-2)28-14(30)15(19,20)16(21,22)17(23,24)18(25,26)27/h8H,3-7H2,1-2H3,(H,28,30)/t8-/m0/s1. The van der Waals surface area contributed by atoms with E-state index in [0.717, 1.165) is 6.42 Å². The molecule has 182 valence electrons. The van der Waals surface area contributed by atoms with Crippen LogP contribution in [0.1, 0.15) is 47.5 Å². The number of esters is 1. The Morgan fingerprint density at radius 3 is 2.12 bits per heavy atom. The molecule has 1 amide bonds. The number of carbonyl (C=O) groups excluding carboxylic acids is 2. The molecule has 0 saturated heterocycles. The SMILES string of the molecule is CCOC(=O)c1c(NC(=O)C(F)(F)C(F)(F)C(F)(F)C(F)(F)F)sc2c1CC[C@H](CC)C2. The van der Waals surface area contributed by atoms with E-state index in [1.165, 1.54) is 12.2 Å². The van der Waals surface area contributed by atoms with Crippen molar-refractivity contribution in [2.45, 2.75) is 63.5 Å². The monoisotopic (exact) mass is 499 g/mol. The van der Waals surface area contributed by atoms with Crippen LogP contribution in [-0.4, -0.2) is 42.4 Å². The number of rotatable bonds is 7. The highest BCUT2D eigenvalue weighted by Crippen LogP contribution is 2.53. The van der Waals surface area contributed by atoms with E-state index in [2.05, 4.69) is 0 Å². The lowest BCUT2D eigenvalue weighted by Gasteiger charge is -2.32. The van der Waals surface area contributed by atoms with Crippen molar-refractivity contribution in [1.82, 2.24) is 0 Å². The summed E-state index contributed by atoms with van der Waals surface area (Å²) in [6.07, 6.45) is -5.09. The first-order valence-corrected chi connectivity index (χ1v) is 10.2. The maximum absolute atomic E-state index is 13.9. The fourth-order valence-electron chi connectivity index (χ4n) is 3.21. The molecule has 1 aromatic heterocycles. The first kappa shape index (κ1) is 26.3. The molecule has 1 atom stereocenters. The summed E-state index contributed by atoms with van der Waals surface area (Å²) in [5.41, 5.74) is -0.0828. The number of nitrogens with one attached hydrogen (secondary N) is 1. The van der Waals surface area contributed by atoms with Crippen molar-refractivity contribution in [3.8, 4) is 0 Å². The summed E-state index contributed by atoms with van der Waals surface area (Å²) in [4.78, 5) is 24.6. The highest BCUT2D eigenvalue weighted by Gasteiger charge is 2.83. The molecule has 1 heterocycles. The third kappa shape index (κ3) is 4.29. The normalized spacial score (nSPS) is 17.7. The Hall–Kier alpha value is -1.99. The number of fused-ring (bicyclic) bond motifs is 1. The lowest BCUT2D eigenvalue weighted by atomic mass is 9.85. The van der Waals surface area contributed by atoms with Crippen molar-refractivity contribution in [1.29, 1.82) is 0 Å². The zero-order chi connectivity index (χ0) is 24.7.